The van der Waals surface area contributed by atoms with E-state index in [1.807, 2.05) is 0 Å². The zero-order chi connectivity index (χ0) is 13.3. The Hall–Kier alpha value is -1.79. The van der Waals surface area contributed by atoms with Crippen molar-refractivity contribution in [2.45, 2.75) is 0 Å². The third kappa shape index (κ3) is 2.25. The molecule has 2 rings (SSSR count). The van der Waals surface area contributed by atoms with Gasteiger partial charge in [-0.25, -0.2) is 0 Å². The van der Waals surface area contributed by atoms with Gasteiger partial charge in [-0.05, 0) is 12.1 Å². The van der Waals surface area contributed by atoms with Gasteiger partial charge in [-0.1, -0.05) is 24.3 Å². The molecule has 0 aliphatic heterocycles. The molecule has 0 bridgehead atoms. The van der Waals surface area contributed by atoms with Gasteiger partial charge >= 0.3 is 10.2 Å². The summed E-state index contributed by atoms with van der Waals surface area (Å²) in [6.07, 6.45) is 0. The van der Waals surface area contributed by atoms with E-state index in [2.05, 4.69) is 4.72 Å². The van der Waals surface area contributed by atoms with E-state index in [-0.39, 0.29) is 5.75 Å². The maximum absolute atomic E-state index is 11.8. The van der Waals surface area contributed by atoms with Crippen molar-refractivity contribution in [3.8, 4) is 5.75 Å². The number of aromatic hydroxyl groups is 1. The highest BCUT2D eigenvalue weighted by Gasteiger charge is 2.15. The summed E-state index contributed by atoms with van der Waals surface area (Å²) in [5.41, 5.74) is 0.442. The van der Waals surface area contributed by atoms with Crippen molar-refractivity contribution in [2.24, 2.45) is 0 Å². The molecule has 18 heavy (non-hydrogen) atoms. The van der Waals surface area contributed by atoms with E-state index in [1.54, 1.807) is 30.3 Å². The van der Waals surface area contributed by atoms with E-state index in [1.165, 1.54) is 20.2 Å². The Bertz CT molecular complexity index is 681. The molecule has 0 amide bonds. The molecule has 6 heteroatoms. The summed E-state index contributed by atoms with van der Waals surface area (Å²) in [6.45, 7) is 0. The minimum atomic E-state index is -3.55. The Morgan fingerprint density at radius 2 is 1.67 bits per heavy atom. The lowest BCUT2D eigenvalue weighted by Gasteiger charge is -2.15. The van der Waals surface area contributed by atoms with Gasteiger partial charge in [0.05, 0.1) is 5.69 Å². The summed E-state index contributed by atoms with van der Waals surface area (Å²) in [5, 5.41) is 11.0. The fourth-order valence-corrected chi connectivity index (χ4v) is 2.24. The minimum absolute atomic E-state index is 0.124. The SMILES string of the molecule is CN(C)S(=O)(=O)Nc1ccc(O)c2ccccc12. The van der Waals surface area contributed by atoms with E-state index in [4.69, 9.17) is 0 Å². The van der Waals surface area contributed by atoms with Gasteiger partial charge in [0.1, 0.15) is 5.75 Å². The fourth-order valence-electron chi connectivity index (χ4n) is 1.60. The van der Waals surface area contributed by atoms with E-state index in [0.717, 1.165) is 4.31 Å². The molecular formula is C12H14N2O3S. The Labute approximate surface area is 106 Å². The van der Waals surface area contributed by atoms with Crippen LogP contribution < -0.4 is 4.72 Å². The largest absolute Gasteiger partial charge is 0.507 e. The molecule has 5 nitrogen and oxygen atoms in total. The summed E-state index contributed by atoms with van der Waals surface area (Å²) in [7, 11) is -0.655. The standard InChI is InChI=1S/C12H14N2O3S/c1-14(2)18(16,17)13-11-7-8-12(15)10-6-4-3-5-9(10)11/h3-8,13,15H,1-2H3. The Morgan fingerprint density at radius 1 is 1.06 bits per heavy atom. The van der Waals surface area contributed by atoms with Crippen LogP contribution >= 0.6 is 0 Å². The number of benzene rings is 2. The minimum Gasteiger partial charge on any atom is -0.507 e. The molecule has 0 saturated carbocycles. The maximum atomic E-state index is 11.8. The zero-order valence-corrected chi connectivity index (χ0v) is 10.9. The average Bonchev–Trinajstić information content (AvgIpc) is 2.33. The van der Waals surface area contributed by atoms with Crippen molar-refractivity contribution in [3.63, 3.8) is 0 Å². The van der Waals surface area contributed by atoms with Gasteiger partial charge in [-0.15, -0.1) is 0 Å². The quantitative estimate of drug-likeness (QED) is 0.832. The second kappa shape index (κ2) is 4.47. The van der Waals surface area contributed by atoms with Crippen LogP contribution in [0, 0.1) is 0 Å². The lowest BCUT2D eigenvalue weighted by atomic mass is 10.1. The van der Waals surface area contributed by atoms with Crippen molar-refractivity contribution in [1.82, 2.24) is 4.31 Å². The van der Waals surface area contributed by atoms with Gasteiger partial charge in [0.2, 0.25) is 0 Å². The topological polar surface area (TPSA) is 69.6 Å². The molecule has 0 unspecified atom stereocenters. The van der Waals surface area contributed by atoms with Crippen LogP contribution in [0.25, 0.3) is 10.8 Å². The number of phenols is 1. The molecule has 0 radical (unpaired) electrons. The molecule has 0 spiro atoms. The molecule has 2 aromatic rings. The van der Waals surface area contributed by atoms with Crippen LogP contribution in [0.15, 0.2) is 36.4 Å². The van der Waals surface area contributed by atoms with Crippen molar-refractivity contribution < 1.29 is 13.5 Å². The molecule has 0 fully saturated rings. The molecule has 96 valence electrons. The van der Waals surface area contributed by atoms with Crippen LogP contribution in [0.5, 0.6) is 5.75 Å². The third-order valence-corrected chi connectivity index (χ3v) is 4.06. The number of hydrogen-bond acceptors (Lipinski definition) is 3. The highest BCUT2D eigenvalue weighted by atomic mass is 32.2. The van der Waals surface area contributed by atoms with Crippen LogP contribution in [-0.2, 0) is 10.2 Å². The lowest BCUT2D eigenvalue weighted by Crippen LogP contribution is -2.28. The molecule has 0 heterocycles. The van der Waals surface area contributed by atoms with Crippen LogP contribution in [0.1, 0.15) is 0 Å². The Kier molecular flexibility index (Phi) is 3.14. The summed E-state index contributed by atoms with van der Waals surface area (Å²) >= 11 is 0. The second-order valence-corrected chi connectivity index (χ2v) is 5.95. The third-order valence-electron chi connectivity index (χ3n) is 2.62. The molecular weight excluding hydrogens is 252 g/mol. The lowest BCUT2D eigenvalue weighted by molar-refractivity contribution is 0.481. The fraction of sp³-hybridized carbons (Fsp3) is 0.167. The van der Waals surface area contributed by atoms with E-state index in [9.17, 15) is 13.5 Å². The first-order valence-corrected chi connectivity index (χ1v) is 6.77. The van der Waals surface area contributed by atoms with Crippen LogP contribution in [0.4, 0.5) is 5.69 Å². The second-order valence-electron chi connectivity index (χ2n) is 4.07. The molecule has 0 atom stereocenters. The smallest absolute Gasteiger partial charge is 0.301 e. The van der Waals surface area contributed by atoms with E-state index >= 15 is 0 Å². The molecule has 0 aliphatic rings. The van der Waals surface area contributed by atoms with Gasteiger partial charge in [-0.2, -0.15) is 12.7 Å². The van der Waals surface area contributed by atoms with E-state index in [0.29, 0.717) is 16.5 Å². The van der Waals surface area contributed by atoms with Gasteiger partial charge in [0.25, 0.3) is 0 Å². The molecule has 2 aromatic carbocycles. The summed E-state index contributed by atoms with van der Waals surface area (Å²) in [5.74, 6) is 0.124. The van der Waals surface area contributed by atoms with Crippen molar-refractivity contribution in [3.05, 3.63) is 36.4 Å². The van der Waals surface area contributed by atoms with Crippen molar-refractivity contribution in [2.75, 3.05) is 18.8 Å². The Morgan fingerprint density at radius 3 is 2.28 bits per heavy atom. The molecule has 2 N–H and O–H groups in total. The molecule has 0 aliphatic carbocycles. The number of nitrogens with zero attached hydrogens (tertiary/aromatic N) is 1. The first-order chi connectivity index (χ1) is 8.42. The van der Waals surface area contributed by atoms with Gasteiger partial charge in [0, 0.05) is 24.9 Å². The highest BCUT2D eigenvalue weighted by Crippen LogP contribution is 2.31. The van der Waals surface area contributed by atoms with Crippen LogP contribution in [0.2, 0.25) is 0 Å². The van der Waals surface area contributed by atoms with Crippen molar-refractivity contribution in [1.29, 1.82) is 0 Å². The first-order valence-electron chi connectivity index (χ1n) is 5.33. The van der Waals surface area contributed by atoms with E-state index < -0.39 is 10.2 Å². The molecule has 0 saturated heterocycles. The van der Waals surface area contributed by atoms with Gasteiger partial charge in [-0.3, -0.25) is 4.72 Å². The predicted octanol–water partition coefficient (Wildman–Crippen LogP) is 1.76. The predicted molar refractivity (Wildman–Crippen MR) is 71.8 cm³/mol. The number of rotatable bonds is 3. The summed E-state index contributed by atoms with van der Waals surface area (Å²) in [6, 6.07) is 10.1. The molecule has 0 aromatic heterocycles. The zero-order valence-electron chi connectivity index (χ0n) is 10.1. The monoisotopic (exact) mass is 266 g/mol. The van der Waals surface area contributed by atoms with Crippen LogP contribution in [0.3, 0.4) is 0 Å². The number of anilines is 1. The number of nitrogens with one attached hydrogen (secondary N) is 1. The van der Waals surface area contributed by atoms with Gasteiger partial charge < -0.3 is 5.11 Å². The number of phenolic OH excluding ortho intramolecular Hbond substituents is 1. The Balaban J connectivity index is 2.57. The number of fused-ring (bicyclic) bond motifs is 1. The summed E-state index contributed by atoms with van der Waals surface area (Å²) in [4.78, 5) is 0. The normalized spacial score (nSPS) is 11.9. The highest BCUT2D eigenvalue weighted by molar-refractivity contribution is 7.90. The average molecular weight is 266 g/mol. The first kappa shape index (κ1) is 12.7. The number of hydrogen-bond donors (Lipinski definition) is 2. The van der Waals surface area contributed by atoms with Crippen LogP contribution in [-0.4, -0.2) is 31.9 Å². The van der Waals surface area contributed by atoms with Crippen molar-refractivity contribution >= 4 is 26.7 Å². The summed E-state index contributed by atoms with van der Waals surface area (Å²) < 4.78 is 27.1. The van der Waals surface area contributed by atoms with Gasteiger partial charge in [0.15, 0.2) is 0 Å². The maximum Gasteiger partial charge on any atom is 0.301 e.